The molecule has 9 nitrogen and oxygen atoms in total. The highest BCUT2D eigenvalue weighted by atomic mass is 35.5. The molecule has 0 aliphatic rings. The van der Waals surface area contributed by atoms with E-state index in [1.165, 1.54) is 6.26 Å². The zero-order valence-electron chi connectivity index (χ0n) is 20.5. The van der Waals surface area contributed by atoms with E-state index in [4.69, 9.17) is 35.1 Å². The van der Waals surface area contributed by atoms with Crippen molar-refractivity contribution in [3.8, 4) is 17.2 Å². The van der Waals surface area contributed by atoms with Crippen LogP contribution in [0, 0.1) is 0 Å². The van der Waals surface area contributed by atoms with Gasteiger partial charge in [0, 0.05) is 23.6 Å². The number of hydrogen-bond donors (Lipinski definition) is 1. The van der Waals surface area contributed by atoms with Gasteiger partial charge in [0.15, 0.2) is 11.8 Å². The summed E-state index contributed by atoms with van der Waals surface area (Å²) in [6.07, 6.45) is 1.90. The third-order valence-corrected chi connectivity index (χ3v) is 5.04. The van der Waals surface area contributed by atoms with Crippen molar-refractivity contribution in [1.29, 1.82) is 0 Å². The molecule has 0 aliphatic heterocycles. The molecule has 1 atom stereocenters. The lowest BCUT2D eigenvalue weighted by Gasteiger charge is -2.16. The van der Waals surface area contributed by atoms with Crippen molar-refractivity contribution in [2.45, 2.75) is 39.7 Å². The van der Waals surface area contributed by atoms with E-state index in [2.05, 4.69) is 15.7 Å². The maximum absolute atomic E-state index is 12.2. The van der Waals surface area contributed by atoms with Gasteiger partial charge in [-0.1, -0.05) is 30.7 Å². The van der Waals surface area contributed by atoms with Crippen LogP contribution in [0.2, 0.25) is 5.02 Å². The summed E-state index contributed by atoms with van der Waals surface area (Å²) in [6.45, 7) is 6.75. The van der Waals surface area contributed by atoms with E-state index in [1.54, 1.807) is 37.3 Å². The van der Waals surface area contributed by atoms with Crippen molar-refractivity contribution in [1.82, 2.24) is 15.7 Å². The first-order valence-electron chi connectivity index (χ1n) is 11.8. The Balaban J connectivity index is 1.77. The first-order valence-corrected chi connectivity index (χ1v) is 12.1. The number of ether oxygens (including phenoxy) is 3. The predicted octanol–water partition coefficient (Wildman–Crippen LogP) is 5.21. The summed E-state index contributed by atoms with van der Waals surface area (Å²) in [5, 5.41) is 8.83. The Morgan fingerprint density at radius 3 is 2.64 bits per heavy atom. The van der Waals surface area contributed by atoms with E-state index in [-0.39, 0.29) is 5.89 Å². The van der Waals surface area contributed by atoms with Gasteiger partial charge in [-0.3, -0.25) is 10.3 Å². The predicted molar refractivity (Wildman–Crippen MR) is 135 cm³/mol. The summed E-state index contributed by atoms with van der Waals surface area (Å²) in [5.74, 6) is 0.663. The second kappa shape index (κ2) is 14.2. The van der Waals surface area contributed by atoms with Gasteiger partial charge >= 0.3 is 5.97 Å². The molecular formula is C26H30ClN3O6. The third-order valence-electron chi connectivity index (χ3n) is 4.78. The monoisotopic (exact) mass is 515 g/mol. The van der Waals surface area contributed by atoms with Crippen LogP contribution < -0.4 is 10.2 Å². The van der Waals surface area contributed by atoms with Crippen LogP contribution in [0.25, 0.3) is 17.2 Å². The molecule has 3 rings (SSSR count). The minimum atomic E-state index is -0.690. The van der Waals surface area contributed by atoms with Crippen LogP contribution >= 0.6 is 11.6 Å². The van der Waals surface area contributed by atoms with Crippen molar-refractivity contribution in [2.24, 2.45) is 0 Å². The van der Waals surface area contributed by atoms with E-state index in [1.807, 2.05) is 32.0 Å². The molecule has 0 saturated heterocycles. The maximum atomic E-state index is 12.2. The topological polar surface area (TPSA) is 105 Å². The molecule has 0 fully saturated rings. The van der Waals surface area contributed by atoms with Gasteiger partial charge in [-0.15, -0.1) is 10.2 Å². The lowest BCUT2D eigenvalue weighted by atomic mass is 10.1. The molecule has 0 amide bonds. The fourth-order valence-electron chi connectivity index (χ4n) is 3.12. The summed E-state index contributed by atoms with van der Waals surface area (Å²) in [5.41, 5.74) is 4.74. The van der Waals surface area contributed by atoms with Crippen molar-refractivity contribution in [3.05, 3.63) is 71.3 Å². The fourth-order valence-corrected chi connectivity index (χ4v) is 3.25. The number of halogens is 1. The van der Waals surface area contributed by atoms with Gasteiger partial charge in [-0.2, -0.15) is 0 Å². The standard InChI is InChI=1S/C26H30ClN3O6/c1-4-14-35-30-22(25-29-28-24(36-25)19-10-12-20(27)13-11-19)17-34-21-9-7-8-18(15-21)16-23(32-5-2)26(31)33-6-3/h7-13,15,17,23,30H,4-6,14,16H2,1-3H3. The lowest BCUT2D eigenvalue weighted by Crippen LogP contribution is -2.29. The Hall–Kier alpha value is -3.40. The van der Waals surface area contributed by atoms with Gasteiger partial charge in [0.25, 0.3) is 5.89 Å². The number of benzene rings is 2. The van der Waals surface area contributed by atoms with Gasteiger partial charge in [-0.25, -0.2) is 4.79 Å². The highest BCUT2D eigenvalue weighted by Crippen LogP contribution is 2.23. The van der Waals surface area contributed by atoms with Crippen LogP contribution in [0.5, 0.6) is 5.75 Å². The molecule has 2 aromatic carbocycles. The summed E-state index contributed by atoms with van der Waals surface area (Å²) >= 11 is 5.96. The average molecular weight is 516 g/mol. The molecular weight excluding hydrogens is 486 g/mol. The third kappa shape index (κ3) is 8.08. The van der Waals surface area contributed by atoms with E-state index < -0.39 is 12.1 Å². The van der Waals surface area contributed by atoms with Crippen LogP contribution in [0.1, 0.15) is 38.6 Å². The van der Waals surface area contributed by atoms with E-state index in [0.29, 0.717) is 48.6 Å². The smallest absolute Gasteiger partial charge is 0.335 e. The van der Waals surface area contributed by atoms with Crippen molar-refractivity contribution in [3.63, 3.8) is 0 Å². The minimum absolute atomic E-state index is 0.186. The first-order chi connectivity index (χ1) is 17.5. The number of nitrogens with one attached hydrogen (secondary N) is 1. The van der Waals surface area contributed by atoms with Gasteiger partial charge < -0.3 is 18.6 Å². The molecule has 0 spiro atoms. The molecule has 1 N–H and O–H groups in total. The lowest BCUT2D eigenvalue weighted by molar-refractivity contribution is -0.156. The normalized spacial score (nSPS) is 12.3. The Morgan fingerprint density at radius 2 is 1.92 bits per heavy atom. The number of aromatic nitrogens is 2. The van der Waals surface area contributed by atoms with Crippen LogP contribution in [-0.2, 0) is 25.5 Å². The number of hydrogen-bond acceptors (Lipinski definition) is 9. The molecule has 1 heterocycles. The van der Waals surface area contributed by atoms with Crippen LogP contribution in [0.15, 0.2) is 59.2 Å². The summed E-state index contributed by atoms with van der Waals surface area (Å²) in [6, 6.07) is 14.4. The maximum Gasteiger partial charge on any atom is 0.335 e. The van der Waals surface area contributed by atoms with E-state index in [0.717, 1.165) is 17.5 Å². The zero-order valence-corrected chi connectivity index (χ0v) is 21.3. The molecule has 0 saturated carbocycles. The van der Waals surface area contributed by atoms with Crippen LogP contribution in [0.3, 0.4) is 0 Å². The van der Waals surface area contributed by atoms with Crippen molar-refractivity contribution < 1.29 is 28.3 Å². The Kier molecular flexibility index (Phi) is 10.7. The van der Waals surface area contributed by atoms with Gasteiger partial charge in [0.1, 0.15) is 12.0 Å². The molecule has 0 radical (unpaired) electrons. The number of esters is 1. The van der Waals surface area contributed by atoms with Crippen molar-refractivity contribution in [2.75, 3.05) is 19.8 Å². The first kappa shape index (κ1) is 27.2. The molecule has 0 aliphatic carbocycles. The highest BCUT2D eigenvalue weighted by Gasteiger charge is 2.21. The Morgan fingerprint density at radius 1 is 1.11 bits per heavy atom. The number of hydroxylamine groups is 1. The van der Waals surface area contributed by atoms with Gasteiger partial charge in [0.2, 0.25) is 5.89 Å². The van der Waals surface area contributed by atoms with E-state index in [9.17, 15) is 4.79 Å². The van der Waals surface area contributed by atoms with Crippen LogP contribution in [-0.4, -0.2) is 42.1 Å². The van der Waals surface area contributed by atoms with E-state index >= 15 is 0 Å². The number of rotatable bonds is 14. The average Bonchev–Trinajstić information content (AvgIpc) is 3.37. The Labute approximate surface area is 215 Å². The minimum Gasteiger partial charge on any atom is -0.464 e. The molecule has 192 valence electrons. The number of nitrogens with zero attached hydrogens (tertiary/aromatic N) is 2. The molecule has 10 heteroatoms. The molecule has 0 bridgehead atoms. The van der Waals surface area contributed by atoms with Gasteiger partial charge in [0.05, 0.1) is 13.2 Å². The number of carbonyl (C=O) groups is 1. The molecule has 3 aromatic rings. The highest BCUT2D eigenvalue weighted by molar-refractivity contribution is 6.30. The fraction of sp³-hybridized carbons (Fsp3) is 0.346. The summed E-state index contributed by atoms with van der Waals surface area (Å²) < 4.78 is 22.4. The second-order valence-electron chi connectivity index (χ2n) is 7.57. The second-order valence-corrected chi connectivity index (χ2v) is 8.00. The van der Waals surface area contributed by atoms with Crippen molar-refractivity contribution >= 4 is 23.3 Å². The summed E-state index contributed by atoms with van der Waals surface area (Å²) in [7, 11) is 0. The SMILES string of the molecule is CCCONC(=COc1cccc(CC(OCC)C(=O)OCC)c1)c1nnc(-c2ccc(Cl)cc2)o1. The van der Waals surface area contributed by atoms with Crippen LogP contribution in [0.4, 0.5) is 0 Å². The number of carbonyl (C=O) groups excluding carboxylic acids is 1. The zero-order chi connectivity index (χ0) is 25.8. The Bertz CT molecular complexity index is 1130. The molecule has 1 unspecified atom stereocenters. The molecule has 36 heavy (non-hydrogen) atoms. The molecule has 1 aromatic heterocycles. The van der Waals surface area contributed by atoms with Gasteiger partial charge in [-0.05, 0) is 62.2 Å². The summed E-state index contributed by atoms with van der Waals surface area (Å²) in [4.78, 5) is 17.7. The largest absolute Gasteiger partial charge is 0.464 e. The quantitative estimate of drug-likeness (QED) is 0.134.